The Morgan fingerprint density at radius 2 is 1.55 bits per heavy atom. The maximum Gasteiger partial charge on any atom is 0.317 e. The summed E-state index contributed by atoms with van der Waals surface area (Å²) in [5.41, 5.74) is -0.616. The van der Waals surface area contributed by atoms with Crippen LogP contribution in [0.3, 0.4) is 0 Å². The highest BCUT2D eigenvalue weighted by atomic mass is 16.4. The Kier molecular flexibility index (Phi) is 5.02. The highest BCUT2D eigenvalue weighted by molar-refractivity contribution is 5.76. The molecular weight excluding hydrogens is 258 g/mol. The number of carbonyl (C=O) groups excluding carboxylic acids is 1. The van der Waals surface area contributed by atoms with Crippen LogP contribution >= 0.6 is 0 Å². The summed E-state index contributed by atoms with van der Waals surface area (Å²) in [4.78, 5) is 27.0. The third kappa shape index (κ3) is 5.00. The van der Waals surface area contributed by atoms with Crippen molar-refractivity contribution in [3.05, 3.63) is 0 Å². The topological polar surface area (TPSA) is 72.9 Å². The number of rotatable bonds is 3. The molecule has 0 radical (unpaired) electrons. The molecule has 2 N–H and O–H groups in total. The van der Waals surface area contributed by atoms with Crippen LogP contribution in [0.25, 0.3) is 0 Å². The van der Waals surface area contributed by atoms with Crippen LogP contribution in [0.1, 0.15) is 41.0 Å². The molecule has 6 heteroatoms. The minimum Gasteiger partial charge on any atom is -0.481 e. The van der Waals surface area contributed by atoms with Crippen molar-refractivity contribution in [2.24, 2.45) is 0 Å². The SMILES string of the molecule is CC(C)(CC(=O)O)NC(=O)N1CCN(C(C)(C)C)CC1. The molecule has 2 amide bonds. The normalized spacial score (nSPS) is 17.9. The van der Waals surface area contributed by atoms with Crippen LogP contribution in [-0.4, -0.2) is 64.2 Å². The van der Waals surface area contributed by atoms with Crippen LogP contribution in [0.15, 0.2) is 0 Å². The highest BCUT2D eigenvalue weighted by Gasteiger charge is 2.30. The molecule has 1 aliphatic rings. The molecular formula is C14H27N3O3. The Balaban J connectivity index is 2.49. The largest absolute Gasteiger partial charge is 0.481 e. The summed E-state index contributed by atoms with van der Waals surface area (Å²) in [6.07, 6.45) is -0.0826. The molecule has 0 atom stereocenters. The van der Waals surface area contributed by atoms with E-state index < -0.39 is 11.5 Å². The van der Waals surface area contributed by atoms with E-state index in [2.05, 4.69) is 31.0 Å². The number of carbonyl (C=O) groups is 2. The lowest BCUT2D eigenvalue weighted by molar-refractivity contribution is -0.138. The molecule has 0 unspecified atom stereocenters. The van der Waals surface area contributed by atoms with Gasteiger partial charge < -0.3 is 15.3 Å². The minimum atomic E-state index is -0.909. The van der Waals surface area contributed by atoms with Gasteiger partial charge in [0.05, 0.1) is 6.42 Å². The summed E-state index contributed by atoms with van der Waals surface area (Å²) in [6, 6.07) is -0.176. The first kappa shape index (κ1) is 16.8. The van der Waals surface area contributed by atoms with Gasteiger partial charge in [-0.2, -0.15) is 0 Å². The van der Waals surface area contributed by atoms with Gasteiger partial charge in [-0.3, -0.25) is 9.69 Å². The van der Waals surface area contributed by atoms with Gasteiger partial charge in [0, 0.05) is 37.3 Å². The van der Waals surface area contributed by atoms with E-state index in [4.69, 9.17) is 5.11 Å². The number of piperazine rings is 1. The lowest BCUT2D eigenvalue weighted by atomic mass is 10.0. The third-order valence-electron chi connectivity index (χ3n) is 3.55. The van der Waals surface area contributed by atoms with Crippen molar-refractivity contribution in [3.8, 4) is 0 Å². The van der Waals surface area contributed by atoms with Crippen LogP contribution in [0, 0.1) is 0 Å². The first-order valence-corrected chi connectivity index (χ1v) is 7.05. The van der Waals surface area contributed by atoms with Gasteiger partial charge in [-0.1, -0.05) is 0 Å². The second-order valence-corrected chi connectivity index (χ2v) is 7.03. The molecule has 116 valence electrons. The molecule has 1 aliphatic heterocycles. The molecule has 0 aromatic heterocycles. The van der Waals surface area contributed by atoms with E-state index in [1.54, 1.807) is 18.7 Å². The number of hydrogen-bond acceptors (Lipinski definition) is 3. The van der Waals surface area contributed by atoms with Crippen molar-refractivity contribution in [3.63, 3.8) is 0 Å². The summed E-state index contributed by atoms with van der Waals surface area (Å²) in [6.45, 7) is 13.0. The van der Waals surface area contributed by atoms with E-state index in [-0.39, 0.29) is 18.0 Å². The average Bonchev–Trinajstić information content (AvgIpc) is 2.25. The van der Waals surface area contributed by atoms with E-state index in [0.29, 0.717) is 13.1 Å². The molecule has 1 saturated heterocycles. The van der Waals surface area contributed by atoms with Gasteiger partial charge in [-0.25, -0.2) is 4.79 Å². The minimum absolute atomic E-state index is 0.0826. The van der Waals surface area contributed by atoms with Crippen LogP contribution in [0.4, 0.5) is 4.79 Å². The van der Waals surface area contributed by atoms with Crippen molar-refractivity contribution in [2.75, 3.05) is 26.2 Å². The van der Waals surface area contributed by atoms with Gasteiger partial charge in [0.1, 0.15) is 0 Å². The van der Waals surface area contributed by atoms with Crippen LogP contribution in [-0.2, 0) is 4.79 Å². The number of amides is 2. The lowest BCUT2D eigenvalue weighted by Crippen LogP contribution is -2.58. The third-order valence-corrected chi connectivity index (χ3v) is 3.55. The molecule has 1 rings (SSSR count). The molecule has 0 saturated carbocycles. The molecule has 0 spiro atoms. The van der Waals surface area contributed by atoms with Gasteiger partial charge in [0.25, 0.3) is 0 Å². The maximum absolute atomic E-state index is 12.2. The Hall–Kier alpha value is -1.30. The van der Waals surface area contributed by atoms with Gasteiger partial charge in [-0.05, 0) is 34.6 Å². The molecule has 0 bridgehead atoms. The van der Waals surface area contributed by atoms with Gasteiger partial charge in [0.2, 0.25) is 0 Å². The number of urea groups is 1. The Labute approximate surface area is 121 Å². The molecule has 6 nitrogen and oxygen atoms in total. The Morgan fingerprint density at radius 3 is 1.95 bits per heavy atom. The zero-order valence-electron chi connectivity index (χ0n) is 13.2. The van der Waals surface area contributed by atoms with Crippen LogP contribution in [0.5, 0.6) is 0 Å². The Bertz CT molecular complexity index is 366. The molecule has 20 heavy (non-hydrogen) atoms. The standard InChI is InChI=1S/C14H27N3O3/c1-13(2,3)17-8-6-16(7-9-17)12(20)15-14(4,5)10-11(18)19/h6-10H2,1-5H3,(H,15,20)(H,18,19). The first-order chi connectivity index (χ1) is 9.01. The van der Waals surface area contributed by atoms with E-state index >= 15 is 0 Å². The first-order valence-electron chi connectivity index (χ1n) is 7.05. The fourth-order valence-corrected chi connectivity index (χ4v) is 2.37. The second kappa shape index (κ2) is 5.99. The van der Waals surface area contributed by atoms with E-state index in [0.717, 1.165) is 13.1 Å². The van der Waals surface area contributed by atoms with Gasteiger partial charge in [-0.15, -0.1) is 0 Å². The van der Waals surface area contributed by atoms with Crippen LogP contribution < -0.4 is 5.32 Å². The molecule has 0 aliphatic carbocycles. The van der Waals surface area contributed by atoms with Crippen molar-refractivity contribution >= 4 is 12.0 Å². The maximum atomic E-state index is 12.2. The summed E-state index contributed by atoms with van der Waals surface area (Å²) in [5.74, 6) is -0.909. The summed E-state index contributed by atoms with van der Waals surface area (Å²) >= 11 is 0. The molecule has 1 fully saturated rings. The van der Waals surface area contributed by atoms with Crippen molar-refractivity contribution < 1.29 is 14.7 Å². The molecule has 0 aromatic rings. The fourth-order valence-electron chi connectivity index (χ4n) is 2.37. The monoisotopic (exact) mass is 285 g/mol. The fraction of sp³-hybridized carbons (Fsp3) is 0.857. The number of nitrogens with zero attached hydrogens (tertiary/aromatic N) is 2. The van der Waals surface area contributed by atoms with Crippen molar-refractivity contribution in [1.29, 1.82) is 0 Å². The quantitative estimate of drug-likeness (QED) is 0.821. The van der Waals surface area contributed by atoms with Crippen LogP contribution in [0.2, 0.25) is 0 Å². The number of hydrogen-bond donors (Lipinski definition) is 2. The zero-order valence-corrected chi connectivity index (χ0v) is 13.2. The highest BCUT2D eigenvalue weighted by Crippen LogP contribution is 2.16. The molecule has 0 aromatic carbocycles. The summed E-state index contributed by atoms with van der Waals surface area (Å²) < 4.78 is 0. The van der Waals surface area contributed by atoms with Crippen molar-refractivity contribution in [2.45, 2.75) is 52.1 Å². The Morgan fingerprint density at radius 1 is 1.05 bits per heavy atom. The lowest BCUT2D eigenvalue weighted by Gasteiger charge is -2.42. The zero-order chi connectivity index (χ0) is 15.6. The second-order valence-electron chi connectivity index (χ2n) is 7.03. The van der Waals surface area contributed by atoms with Gasteiger partial charge in [0.15, 0.2) is 0 Å². The smallest absolute Gasteiger partial charge is 0.317 e. The number of nitrogens with one attached hydrogen (secondary N) is 1. The number of aliphatic carboxylic acids is 1. The van der Waals surface area contributed by atoms with E-state index in [9.17, 15) is 9.59 Å². The number of carboxylic acids is 1. The molecule has 1 heterocycles. The summed E-state index contributed by atoms with van der Waals surface area (Å²) in [5, 5.41) is 11.6. The van der Waals surface area contributed by atoms with Crippen molar-refractivity contribution in [1.82, 2.24) is 15.1 Å². The van der Waals surface area contributed by atoms with E-state index in [1.807, 2.05) is 0 Å². The average molecular weight is 285 g/mol. The predicted molar refractivity (Wildman–Crippen MR) is 77.8 cm³/mol. The summed E-state index contributed by atoms with van der Waals surface area (Å²) in [7, 11) is 0. The van der Waals surface area contributed by atoms with Gasteiger partial charge >= 0.3 is 12.0 Å². The number of carboxylic acid groups (broad SMARTS) is 1. The predicted octanol–water partition coefficient (Wildman–Crippen LogP) is 1.37. The van der Waals surface area contributed by atoms with E-state index in [1.165, 1.54) is 0 Å².